The molecule has 2 aliphatic rings. The molecule has 0 bridgehead atoms. The van der Waals surface area contributed by atoms with Crippen molar-refractivity contribution in [1.29, 1.82) is 0 Å². The van der Waals surface area contributed by atoms with Crippen LogP contribution in [-0.2, 0) is 16.8 Å². The first kappa shape index (κ1) is 24.9. The molecule has 2 aromatic carbocycles. The molecule has 1 saturated heterocycles. The Morgan fingerprint density at radius 1 is 1.00 bits per heavy atom. The number of fused-ring (bicyclic) bond motifs is 3. The van der Waals surface area contributed by atoms with Crippen LogP contribution in [0.25, 0.3) is 11.1 Å². The first-order valence-electron chi connectivity index (χ1n) is 12.1. The van der Waals surface area contributed by atoms with Crippen molar-refractivity contribution < 1.29 is 35.0 Å². The molecule has 0 aromatic heterocycles. The number of benzene rings is 2. The van der Waals surface area contributed by atoms with E-state index in [0.717, 1.165) is 41.5 Å². The minimum atomic E-state index is -1.53. The highest BCUT2D eigenvalue weighted by Crippen LogP contribution is 2.53. The van der Waals surface area contributed by atoms with E-state index in [4.69, 9.17) is 9.47 Å². The summed E-state index contributed by atoms with van der Waals surface area (Å²) in [5.74, 6) is 0.483. The smallest absolute Gasteiger partial charge is 0.133 e. The molecule has 2 aromatic rings. The monoisotopic (exact) mass is 472 g/mol. The highest BCUT2D eigenvalue weighted by atomic mass is 16.5. The van der Waals surface area contributed by atoms with Gasteiger partial charge in [-0.15, -0.1) is 0 Å². The standard InChI is InChI=1S/C27H36O7/c1-5-6-7-8-15-12-18-21(16-11-14(2)9-10-17(16)27(3,4)34-18)23(30)20(15)26-25(32)24(31)22(29)19(13-28)33-26/h9-12,19,22,24-26,28-32H,5-8,13H2,1-4H3/t19?,22-,24?,25+,26+/m1/s1. The average Bonchev–Trinajstić information content (AvgIpc) is 2.78. The maximum Gasteiger partial charge on any atom is 0.133 e. The fourth-order valence-corrected chi connectivity index (χ4v) is 5.20. The molecule has 4 rings (SSSR count). The van der Waals surface area contributed by atoms with Gasteiger partial charge < -0.3 is 35.0 Å². The number of aliphatic hydroxyl groups is 4. The van der Waals surface area contributed by atoms with E-state index in [-0.39, 0.29) is 5.75 Å². The normalized spacial score (nSPS) is 27.6. The van der Waals surface area contributed by atoms with Crippen molar-refractivity contribution in [1.82, 2.24) is 0 Å². The largest absolute Gasteiger partial charge is 0.507 e. The summed E-state index contributed by atoms with van der Waals surface area (Å²) in [4.78, 5) is 0. The van der Waals surface area contributed by atoms with Crippen LogP contribution in [0.15, 0.2) is 24.3 Å². The van der Waals surface area contributed by atoms with E-state index in [1.807, 2.05) is 45.0 Å². The molecule has 5 N–H and O–H groups in total. The number of aliphatic hydroxyl groups excluding tert-OH is 4. The van der Waals surface area contributed by atoms with E-state index in [1.54, 1.807) is 0 Å². The first-order valence-corrected chi connectivity index (χ1v) is 12.1. The lowest BCUT2D eigenvalue weighted by atomic mass is 9.81. The third kappa shape index (κ3) is 4.20. The predicted octanol–water partition coefficient (Wildman–Crippen LogP) is 3.24. The quantitative estimate of drug-likeness (QED) is 0.410. The molecule has 2 unspecified atom stereocenters. The summed E-state index contributed by atoms with van der Waals surface area (Å²) in [6.45, 7) is 7.54. The van der Waals surface area contributed by atoms with Gasteiger partial charge in [-0.2, -0.15) is 0 Å². The summed E-state index contributed by atoms with van der Waals surface area (Å²) in [5, 5.41) is 52.9. The lowest BCUT2D eigenvalue weighted by Crippen LogP contribution is -2.55. The fraction of sp³-hybridized carbons (Fsp3) is 0.556. The second kappa shape index (κ2) is 9.47. The van der Waals surface area contributed by atoms with Gasteiger partial charge in [0.25, 0.3) is 0 Å². The van der Waals surface area contributed by atoms with Gasteiger partial charge in [0, 0.05) is 11.1 Å². The zero-order chi connectivity index (χ0) is 24.8. The Labute approximate surface area is 200 Å². The molecule has 2 heterocycles. The summed E-state index contributed by atoms with van der Waals surface area (Å²) in [6.07, 6.45) is -3.19. The molecule has 1 fully saturated rings. The zero-order valence-electron chi connectivity index (χ0n) is 20.3. The van der Waals surface area contributed by atoms with Gasteiger partial charge in [-0.25, -0.2) is 0 Å². The minimum Gasteiger partial charge on any atom is -0.507 e. The Hall–Kier alpha value is -2.16. The highest BCUT2D eigenvalue weighted by molar-refractivity contribution is 5.84. The number of aromatic hydroxyl groups is 1. The summed E-state index contributed by atoms with van der Waals surface area (Å²) in [7, 11) is 0. The molecule has 0 spiro atoms. The SMILES string of the molecule is CCCCCc1cc2c(c(O)c1[C@@H]1OC(CO)[C@@H](O)C(O)[C@@H]1O)-c1cc(C)ccc1C(C)(C)O2. The third-order valence-electron chi connectivity index (χ3n) is 7.07. The summed E-state index contributed by atoms with van der Waals surface area (Å²) < 4.78 is 12.2. The van der Waals surface area contributed by atoms with Crippen LogP contribution in [0.5, 0.6) is 11.5 Å². The van der Waals surface area contributed by atoms with Crippen LogP contribution in [-0.4, -0.2) is 56.6 Å². The van der Waals surface area contributed by atoms with Gasteiger partial charge in [-0.3, -0.25) is 0 Å². The number of phenolic OH excluding ortho intramolecular Hbond substituents is 1. The van der Waals surface area contributed by atoms with Gasteiger partial charge in [-0.05, 0) is 50.8 Å². The molecule has 186 valence electrons. The second-order valence-corrected chi connectivity index (χ2v) is 10.0. The van der Waals surface area contributed by atoms with Crippen molar-refractivity contribution >= 4 is 0 Å². The van der Waals surface area contributed by atoms with E-state index in [1.165, 1.54) is 0 Å². The van der Waals surface area contributed by atoms with E-state index in [2.05, 4.69) is 6.92 Å². The third-order valence-corrected chi connectivity index (χ3v) is 7.07. The van der Waals surface area contributed by atoms with Crippen molar-refractivity contribution in [2.75, 3.05) is 6.61 Å². The first-order chi connectivity index (χ1) is 16.1. The van der Waals surface area contributed by atoms with Gasteiger partial charge in [0.1, 0.15) is 47.6 Å². The van der Waals surface area contributed by atoms with Gasteiger partial charge >= 0.3 is 0 Å². The van der Waals surface area contributed by atoms with Crippen molar-refractivity contribution in [3.05, 3.63) is 46.5 Å². The van der Waals surface area contributed by atoms with E-state index in [0.29, 0.717) is 23.3 Å². The van der Waals surface area contributed by atoms with Crippen LogP contribution in [0.3, 0.4) is 0 Å². The van der Waals surface area contributed by atoms with Crippen LogP contribution >= 0.6 is 0 Å². The number of aryl methyl sites for hydroxylation is 2. The van der Waals surface area contributed by atoms with Crippen molar-refractivity contribution in [2.45, 2.75) is 89.5 Å². The van der Waals surface area contributed by atoms with Crippen LogP contribution in [0.2, 0.25) is 0 Å². The van der Waals surface area contributed by atoms with Crippen molar-refractivity contribution in [3.63, 3.8) is 0 Å². The average molecular weight is 473 g/mol. The van der Waals surface area contributed by atoms with Crippen molar-refractivity contribution in [2.24, 2.45) is 0 Å². The second-order valence-electron chi connectivity index (χ2n) is 10.0. The van der Waals surface area contributed by atoms with Gasteiger partial charge in [0.15, 0.2) is 0 Å². The molecule has 0 aliphatic carbocycles. The molecule has 0 amide bonds. The number of ether oxygens (including phenoxy) is 2. The Morgan fingerprint density at radius 2 is 1.74 bits per heavy atom. The predicted molar refractivity (Wildman–Crippen MR) is 128 cm³/mol. The Balaban J connectivity index is 1.92. The summed E-state index contributed by atoms with van der Waals surface area (Å²) in [5.41, 5.74) is 3.83. The fourth-order valence-electron chi connectivity index (χ4n) is 5.20. The number of rotatable bonds is 6. The molecule has 2 aliphatic heterocycles. The van der Waals surface area contributed by atoms with Crippen LogP contribution < -0.4 is 4.74 Å². The Morgan fingerprint density at radius 3 is 2.41 bits per heavy atom. The van der Waals surface area contributed by atoms with Crippen LogP contribution in [0.4, 0.5) is 0 Å². The highest BCUT2D eigenvalue weighted by Gasteiger charge is 2.46. The lowest BCUT2D eigenvalue weighted by Gasteiger charge is -2.42. The van der Waals surface area contributed by atoms with Gasteiger partial charge in [0.05, 0.1) is 12.2 Å². The van der Waals surface area contributed by atoms with Crippen molar-refractivity contribution in [3.8, 4) is 22.6 Å². The summed E-state index contributed by atoms with van der Waals surface area (Å²) >= 11 is 0. The number of hydrogen-bond donors (Lipinski definition) is 5. The molecule has 0 radical (unpaired) electrons. The molecule has 7 heteroatoms. The zero-order valence-corrected chi connectivity index (χ0v) is 20.3. The molecule has 34 heavy (non-hydrogen) atoms. The van der Waals surface area contributed by atoms with Crippen LogP contribution in [0, 0.1) is 6.92 Å². The Bertz CT molecular complexity index is 1050. The van der Waals surface area contributed by atoms with Crippen LogP contribution in [0.1, 0.15) is 68.4 Å². The topological polar surface area (TPSA) is 120 Å². The lowest BCUT2D eigenvalue weighted by molar-refractivity contribution is -0.232. The number of phenols is 1. The van der Waals surface area contributed by atoms with E-state index >= 15 is 0 Å². The molecular weight excluding hydrogens is 436 g/mol. The number of unbranched alkanes of at least 4 members (excludes halogenated alkanes) is 2. The Kier molecular flexibility index (Phi) is 6.95. The molecular formula is C27H36O7. The molecule has 5 atom stereocenters. The summed E-state index contributed by atoms with van der Waals surface area (Å²) in [6, 6.07) is 7.90. The van der Waals surface area contributed by atoms with Gasteiger partial charge in [-0.1, -0.05) is 43.5 Å². The van der Waals surface area contributed by atoms with E-state index in [9.17, 15) is 25.5 Å². The maximum absolute atomic E-state index is 11.7. The van der Waals surface area contributed by atoms with E-state index < -0.39 is 42.7 Å². The number of hydrogen-bond acceptors (Lipinski definition) is 7. The maximum atomic E-state index is 11.7. The molecule has 7 nitrogen and oxygen atoms in total. The minimum absolute atomic E-state index is 0.0734. The van der Waals surface area contributed by atoms with Gasteiger partial charge in [0.2, 0.25) is 0 Å². The molecule has 0 saturated carbocycles.